The normalized spacial score (nSPS) is 21.1. The number of aromatic nitrogens is 2. The van der Waals surface area contributed by atoms with Crippen molar-refractivity contribution in [3.05, 3.63) is 47.2 Å². The van der Waals surface area contributed by atoms with Gasteiger partial charge in [0.05, 0.1) is 18.5 Å². The molecule has 2 aliphatic heterocycles. The molecule has 2 saturated heterocycles. The van der Waals surface area contributed by atoms with Gasteiger partial charge in [-0.25, -0.2) is 0 Å². The molecule has 6 heteroatoms. The summed E-state index contributed by atoms with van der Waals surface area (Å²) in [5, 5.41) is 0.708. The summed E-state index contributed by atoms with van der Waals surface area (Å²) in [7, 11) is 0. The summed E-state index contributed by atoms with van der Waals surface area (Å²) in [6.07, 6.45) is 8.68. The molecule has 2 fully saturated rings. The minimum absolute atomic E-state index is 0.430. The Morgan fingerprint density at radius 2 is 2.08 bits per heavy atom. The Labute approximate surface area is 159 Å². The standard InChI is InChI=1S/C20H24ClN3O2/c21-17-4-1-3-15(11-17)14-26-20-13-22-12-19(23-20)24-8-6-16(7-9-24)18-5-2-10-25-18/h1,3-4,11-13,16,18H,2,5-10,14H2. The van der Waals surface area contributed by atoms with Crippen molar-refractivity contribution in [3.8, 4) is 5.88 Å². The summed E-state index contributed by atoms with van der Waals surface area (Å²) in [5.41, 5.74) is 1.02. The van der Waals surface area contributed by atoms with E-state index in [0.717, 1.165) is 43.9 Å². The van der Waals surface area contributed by atoms with Crippen LogP contribution in [0.4, 0.5) is 5.82 Å². The Hall–Kier alpha value is -1.85. The molecule has 0 spiro atoms. The topological polar surface area (TPSA) is 47.5 Å². The second-order valence-corrected chi connectivity index (χ2v) is 7.45. The Kier molecular flexibility index (Phi) is 5.56. The fourth-order valence-electron chi connectivity index (χ4n) is 3.82. The maximum absolute atomic E-state index is 6.01. The molecule has 3 heterocycles. The monoisotopic (exact) mass is 373 g/mol. The molecule has 0 radical (unpaired) electrons. The van der Waals surface area contributed by atoms with Gasteiger partial charge in [0, 0.05) is 24.7 Å². The van der Waals surface area contributed by atoms with Gasteiger partial charge in [0.2, 0.25) is 5.88 Å². The Balaban J connectivity index is 1.34. The van der Waals surface area contributed by atoms with Gasteiger partial charge in [0.1, 0.15) is 6.61 Å². The van der Waals surface area contributed by atoms with E-state index in [9.17, 15) is 0 Å². The summed E-state index contributed by atoms with van der Waals surface area (Å²) in [5.74, 6) is 2.12. The summed E-state index contributed by atoms with van der Waals surface area (Å²) < 4.78 is 11.7. The van der Waals surface area contributed by atoms with Crippen LogP contribution in [0.2, 0.25) is 5.02 Å². The highest BCUT2D eigenvalue weighted by molar-refractivity contribution is 6.30. The number of hydrogen-bond acceptors (Lipinski definition) is 5. The molecule has 1 aromatic heterocycles. The number of nitrogens with zero attached hydrogens (tertiary/aromatic N) is 3. The van der Waals surface area contributed by atoms with Gasteiger partial charge >= 0.3 is 0 Å². The van der Waals surface area contributed by atoms with Crippen LogP contribution in [-0.4, -0.2) is 35.8 Å². The van der Waals surface area contributed by atoms with Gasteiger partial charge in [-0.15, -0.1) is 0 Å². The number of hydrogen-bond donors (Lipinski definition) is 0. The number of ether oxygens (including phenoxy) is 2. The van der Waals surface area contributed by atoms with E-state index in [0.29, 0.717) is 29.5 Å². The number of anilines is 1. The Bertz CT molecular complexity index is 729. The van der Waals surface area contributed by atoms with E-state index in [1.54, 1.807) is 6.20 Å². The smallest absolute Gasteiger partial charge is 0.234 e. The first kappa shape index (κ1) is 17.6. The van der Waals surface area contributed by atoms with Crippen molar-refractivity contribution in [2.75, 3.05) is 24.6 Å². The van der Waals surface area contributed by atoms with Crippen LogP contribution in [0.15, 0.2) is 36.7 Å². The van der Waals surface area contributed by atoms with Gasteiger partial charge in [-0.2, -0.15) is 4.98 Å². The van der Waals surface area contributed by atoms with E-state index < -0.39 is 0 Å². The highest BCUT2D eigenvalue weighted by atomic mass is 35.5. The fourth-order valence-corrected chi connectivity index (χ4v) is 4.03. The van der Waals surface area contributed by atoms with Crippen LogP contribution in [0.3, 0.4) is 0 Å². The third kappa shape index (κ3) is 4.27. The third-order valence-corrected chi connectivity index (χ3v) is 5.46. The van der Waals surface area contributed by atoms with Gasteiger partial charge in [-0.1, -0.05) is 23.7 Å². The zero-order valence-corrected chi connectivity index (χ0v) is 15.6. The van der Waals surface area contributed by atoms with E-state index in [4.69, 9.17) is 21.1 Å². The van der Waals surface area contributed by atoms with Crippen LogP contribution in [0.1, 0.15) is 31.2 Å². The number of piperidine rings is 1. The van der Waals surface area contributed by atoms with Crippen LogP contribution < -0.4 is 9.64 Å². The molecule has 0 N–H and O–H groups in total. The molecule has 0 saturated carbocycles. The Morgan fingerprint density at radius 3 is 2.85 bits per heavy atom. The molecule has 5 nitrogen and oxygen atoms in total. The van der Waals surface area contributed by atoms with Gasteiger partial charge in [0.15, 0.2) is 5.82 Å². The van der Waals surface area contributed by atoms with Crippen molar-refractivity contribution in [1.82, 2.24) is 9.97 Å². The van der Waals surface area contributed by atoms with Gasteiger partial charge in [-0.05, 0) is 49.3 Å². The van der Waals surface area contributed by atoms with Crippen molar-refractivity contribution < 1.29 is 9.47 Å². The van der Waals surface area contributed by atoms with E-state index in [-0.39, 0.29) is 0 Å². The lowest BCUT2D eigenvalue weighted by molar-refractivity contribution is 0.0531. The molecule has 0 aliphatic carbocycles. The quantitative estimate of drug-likeness (QED) is 0.789. The lowest BCUT2D eigenvalue weighted by Crippen LogP contribution is -2.38. The van der Waals surface area contributed by atoms with E-state index in [1.165, 1.54) is 12.8 Å². The zero-order chi connectivity index (χ0) is 17.8. The van der Waals surface area contributed by atoms with Crippen LogP contribution in [0.25, 0.3) is 0 Å². The first-order valence-electron chi connectivity index (χ1n) is 9.34. The zero-order valence-electron chi connectivity index (χ0n) is 14.8. The summed E-state index contributed by atoms with van der Waals surface area (Å²) >= 11 is 6.01. The van der Waals surface area contributed by atoms with Gasteiger partial charge in [0.25, 0.3) is 0 Å². The second kappa shape index (κ2) is 8.23. The van der Waals surface area contributed by atoms with Crippen molar-refractivity contribution in [3.63, 3.8) is 0 Å². The maximum atomic E-state index is 6.01. The Morgan fingerprint density at radius 1 is 1.19 bits per heavy atom. The second-order valence-electron chi connectivity index (χ2n) is 7.01. The minimum Gasteiger partial charge on any atom is -0.472 e. The first-order valence-corrected chi connectivity index (χ1v) is 9.71. The molecule has 4 rings (SSSR count). The number of halogens is 1. The van der Waals surface area contributed by atoms with Crippen LogP contribution in [0, 0.1) is 5.92 Å². The molecule has 138 valence electrons. The first-order chi connectivity index (χ1) is 12.8. The SMILES string of the molecule is Clc1cccc(COc2cncc(N3CCC(C4CCCO4)CC3)n2)c1. The molecule has 2 aliphatic rings. The number of benzene rings is 1. The maximum Gasteiger partial charge on any atom is 0.234 e. The average Bonchev–Trinajstić information content (AvgIpc) is 3.22. The van der Waals surface area contributed by atoms with E-state index in [1.807, 2.05) is 30.5 Å². The lowest BCUT2D eigenvalue weighted by Gasteiger charge is -2.34. The minimum atomic E-state index is 0.430. The van der Waals surface area contributed by atoms with Crippen molar-refractivity contribution in [2.45, 2.75) is 38.4 Å². The molecular formula is C20H24ClN3O2. The predicted octanol–water partition coefficient (Wildman–Crippen LogP) is 4.10. The van der Waals surface area contributed by atoms with E-state index in [2.05, 4.69) is 14.9 Å². The molecule has 1 aromatic carbocycles. The molecule has 1 atom stereocenters. The highest BCUT2D eigenvalue weighted by Crippen LogP contribution is 2.30. The van der Waals surface area contributed by atoms with Crippen LogP contribution >= 0.6 is 11.6 Å². The summed E-state index contributed by atoms with van der Waals surface area (Å²) in [6.45, 7) is 3.36. The third-order valence-electron chi connectivity index (χ3n) is 5.23. The fraction of sp³-hybridized carbons (Fsp3) is 0.500. The highest BCUT2D eigenvalue weighted by Gasteiger charge is 2.29. The summed E-state index contributed by atoms with van der Waals surface area (Å²) in [4.78, 5) is 11.2. The molecular weight excluding hydrogens is 350 g/mol. The molecule has 26 heavy (non-hydrogen) atoms. The molecule has 0 bridgehead atoms. The van der Waals surface area contributed by atoms with Gasteiger partial charge in [-0.3, -0.25) is 4.98 Å². The van der Waals surface area contributed by atoms with E-state index >= 15 is 0 Å². The summed E-state index contributed by atoms with van der Waals surface area (Å²) in [6, 6.07) is 7.65. The molecule has 1 unspecified atom stereocenters. The predicted molar refractivity (Wildman–Crippen MR) is 102 cm³/mol. The van der Waals surface area contributed by atoms with Crippen LogP contribution in [0.5, 0.6) is 5.88 Å². The van der Waals surface area contributed by atoms with Crippen LogP contribution in [-0.2, 0) is 11.3 Å². The van der Waals surface area contributed by atoms with Crippen molar-refractivity contribution >= 4 is 17.4 Å². The van der Waals surface area contributed by atoms with Crippen molar-refractivity contribution in [2.24, 2.45) is 5.92 Å². The molecule has 0 amide bonds. The average molecular weight is 374 g/mol. The largest absolute Gasteiger partial charge is 0.472 e. The molecule has 2 aromatic rings. The number of rotatable bonds is 5. The van der Waals surface area contributed by atoms with Gasteiger partial charge < -0.3 is 14.4 Å². The van der Waals surface area contributed by atoms with Crippen molar-refractivity contribution in [1.29, 1.82) is 0 Å². The lowest BCUT2D eigenvalue weighted by atomic mass is 9.90.